The molecule has 2 heterocycles. The van der Waals surface area contributed by atoms with Crippen LogP contribution in [0.3, 0.4) is 0 Å². The van der Waals surface area contributed by atoms with Gasteiger partial charge < -0.3 is 10.0 Å². The van der Waals surface area contributed by atoms with Crippen LogP contribution in [-0.4, -0.2) is 38.9 Å². The number of likely N-dealkylation sites (N-methyl/N-ethyl adjacent to an activating group) is 1. The average molecular weight is 288 g/mol. The van der Waals surface area contributed by atoms with Crippen molar-refractivity contribution in [2.75, 3.05) is 18.5 Å². The number of fused-ring (bicyclic) bond motifs is 1. The molecule has 0 aliphatic carbocycles. The number of aromatic nitrogens is 3. The molecule has 0 amide bonds. The minimum atomic E-state index is -4.50. The highest BCUT2D eigenvalue weighted by molar-refractivity contribution is 5.69. The zero-order valence-corrected chi connectivity index (χ0v) is 11.3. The third-order valence-corrected chi connectivity index (χ3v) is 2.65. The van der Waals surface area contributed by atoms with Gasteiger partial charge >= 0.3 is 6.18 Å². The van der Waals surface area contributed by atoms with Crippen molar-refractivity contribution in [3.05, 3.63) is 24.2 Å². The molecule has 0 saturated carbocycles. The van der Waals surface area contributed by atoms with Gasteiger partial charge in [-0.15, -0.1) is 0 Å². The summed E-state index contributed by atoms with van der Waals surface area (Å²) in [5, 5.41) is 13.3. The molecule has 110 valence electrons. The number of hydrogen-bond acceptors (Lipinski definition) is 4. The van der Waals surface area contributed by atoms with E-state index >= 15 is 0 Å². The molecule has 0 bridgehead atoms. The predicted molar refractivity (Wildman–Crippen MR) is 67.6 cm³/mol. The van der Waals surface area contributed by atoms with E-state index in [4.69, 9.17) is 0 Å². The third-order valence-electron chi connectivity index (χ3n) is 2.65. The highest BCUT2D eigenvalue weighted by Crippen LogP contribution is 2.30. The van der Waals surface area contributed by atoms with Crippen LogP contribution in [0.25, 0.3) is 5.52 Å². The molecule has 0 aliphatic rings. The molecular weight excluding hydrogens is 273 g/mol. The van der Waals surface area contributed by atoms with Gasteiger partial charge in [-0.25, -0.2) is 9.50 Å². The fraction of sp³-hybridized carbons (Fsp3) is 0.500. The van der Waals surface area contributed by atoms with Crippen molar-refractivity contribution in [2.24, 2.45) is 0 Å². The number of anilines is 1. The minimum Gasteiger partial charge on any atom is -0.389 e. The van der Waals surface area contributed by atoms with E-state index in [9.17, 15) is 18.3 Å². The molecule has 8 heteroatoms. The summed E-state index contributed by atoms with van der Waals surface area (Å²) < 4.78 is 39.2. The first-order valence-corrected chi connectivity index (χ1v) is 5.93. The Morgan fingerprint density at radius 1 is 1.35 bits per heavy atom. The third kappa shape index (κ3) is 3.01. The van der Waals surface area contributed by atoms with Crippen LogP contribution in [-0.2, 0) is 6.18 Å². The number of rotatable bonds is 3. The lowest BCUT2D eigenvalue weighted by molar-refractivity contribution is -0.141. The van der Waals surface area contributed by atoms with Gasteiger partial charge in [0.1, 0.15) is 5.52 Å². The Labute approximate surface area is 113 Å². The smallest absolute Gasteiger partial charge is 0.389 e. The predicted octanol–water partition coefficient (Wildman–Crippen LogP) is 1.96. The molecule has 20 heavy (non-hydrogen) atoms. The van der Waals surface area contributed by atoms with Crippen molar-refractivity contribution in [3.8, 4) is 0 Å². The van der Waals surface area contributed by atoms with Gasteiger partial charge in [0.05, 0.1) is 5.60 Å². The average Bonchev–Trinajstić information content (AvgIpc) is 2.69. The fourth-order valence-electron chi connectivity index (χ4n) is 2.00. The van der Waals surface area contributed by atoms with Gasteiger partial charge in [0.2, 0.25) is 0 Å². The van der Waals surface area contributed by atoms with Crippen molar-refractivity contribution in [3.63, 3.8) is 0 Å². The summed E-state index contributed by atoms with van der Waals surface area (Å²) in [5.74, 6) is 0.331. The summed E-state index contributed by atoms with van der Waals surface area (Å²) >= 11 is 0. The number of halogens is 3. The molecule has 2 aromatic heterocycles. The van der Waals surface area contributed by atoms with E-state index in [1.165, 1.54) is 12.4 Å². The lowest BCUT2D eigenvalue weighted by atomic mass is 10.1. The van der Waals surface area contributed by atoms with Crippen LogP contribution >= 0.6 is 0 Å². The molecule has 0 saturated heterocycles. The zero-order chi connectivity index (χ0) is 15.1. The van der Waals surface area contributed by atoms with Crippen molar-refractivity contribution in [1.82, 2.24) is 14.6 Å². The normalized spacial score (nSPS) is 12.9. The molecule has 0 fully saturated rings. The van der Waals surface area contributed by atoms with E-state index in [1.54, 1.807) is 25.8 Å². The van der Waals surface area contributed by atoms with Crippen molar-refractivity contribution >= 4 is 11.3 Å². The topological polar surface area (TPSA) is 53.7 Å². The molecule has 1 N–H and O–H groups in total. The number of hydrogen-bond donors (Lipinski definition) is 1. The van der Waals surface area contributed by atoms with Crippen molar-refractivity contribution < 1.29 is 18.3 Å². The standard InChI is InChI=1S/C12H15F3N4O/c1-11(2,20)7-18(3)10-8-6-9(12(13,14)15)17-19(8)5-4-16-10/h4-6,20H,7H2,1-3H3. The number of nitrogens with zero attached hydrogens (tertiary/aromatic N) is 4. The van der Waals surface area contributed by atoms with Crippen LogP contribution in [0, 0.1) is 0 Å². The molecular formula is C12H15F3N4O. The Morgan fingerprint density at radius 2 is 2.00 bits per heavy atom. The van der Waals surface area contributed by atoms with Gasteiger partial charge in [0.25, 0.3) is 0 Å². The van der Waals surface area contributed by atoms with Gasteiger partial charge in [0, 0.05) is 32.1 Å². The van der Waals surface area contributed by atoms with Gasteiger partial charge in [-0.2, -0.15) is 18.3 Å². The largest absolute Gasteiger partial charge is 0.435 e. The van der Waals surface area contributed by atoms with Gasteiger partial charge in [-0.1, -0.05) is 0 Å². The van der Waals surface area contributed by atoms with Gasteiger partial charge in [-0.3, -0.25) is 0 Å². The van der Waals surface area contributed by atoms with Crippen LogP contribution in [0.2, 0.25) is 0 Å². The van der Waals surface area contributed by atoms with Crippen LogP contribution in [0.1, 0.15) is 19.5 Å². The van der Waals surface area contributed by atoms with Gasteiger partial charge in [-0.05, 0) is 13.8 Å². The first-order valence-electron chi connectivity index (χ1n) is 5.93. The quantitative estimate of drug-likeness (QED) is 0.938. The maximum atomic E-state index is 12.7. The summed E-state index contributed by atoms with van der Waals surface area (Å²) in [4.78, 5) is 5.67. The second-order valence-corrected chi connectivity index (χ2v) is 5.28. The van der Waals surface area contributed by atoms with Crippen LogP contribution < -0.4 is 4.90 Å². The summed E-state index contributed by atoms with van der Waals surface area (Å²) in [6.07, 6.45) is -1.78. The summed E-state index contributed by atoms with van der Waals surface area (Å²) in [6.45, 7) is 3.45. The molecule has 0 spiro atoms. The number of alkyl halides is 3. The highest BCUT2D eigenvalue weighted by Gasteiger charge is 2.34. The summed E-state index contributed by atoms with van der Waals surface area (Å²) in [5.41, 5.74) is -1.72. The fourth-order valence-corrected chi connectivity index (χ4v) is 2.00. The summed E-state index contributed by atoms with van der Waals surface area (Å²) in [7, 11) is 1.65. The monoisotopic (exact) mass is 288 g/mol. The van der Waals surface area contributed by atoms with E-state index in [2.05, 4.69) is 10.1 Å². The van der Waals surface area contributed by atoms with Crippen LogP contribution in [0.15, 0.2) is 18.5 Å². The molecule has 0 aliphatic heterocycles. The molecule has 0 aromatic carbocycles. The SMILES string of the molecule is CN(CC(C)(C)O)c1nccn2nc(C(F)(F)F)cc12. The lowest BCUT2D eigenvalue weighted by Gasteiger charge is -2.26. The Kier molecular flexibility index (Phi) is 3.37. The molecule has 5 nitrogen and oxygen atoms in total. The van der Waals surface area contributed by atoms with Crippen molar-refractivity contribution in [1.29, 1.82) is 0 Å². The van der Waals surface area contributed by atoms with E-state index < -0.39 is 17.5 Å². The Bertz CT molecular complexity index is 615. The second-order valence-electron chi connectivity index (χ2n) is 5.28. The maximum absolute atomic E-state index is 12.7. The Hall–Kier alpha value is -1.83. The van der Waals surface area contributed by atoms with E-state index in [1.807, 2.05) is 0 Å². The molecule has 2 aromatic rings. The molecule has 0 radical (unpaired) electrons. The first-order chi connectivity index (χ1) is 9.08. The Morgan fingerprint density at radius 3 is 2.55 bits per heavy atom. The van der Waals surface area contributed by atoms with Gasteiger partial charge in [0.15, 0.2) is 11.5 Å². The second kappa shape index (κ2) is 4.62. The summed E-state index contributed by atoms with van der Waals surface area (Å²) in [6, 6.07) is 0.948. The van der Waals surface area contributed by atoms with Crippen molar-refractivity contribution in [2.45, 2.75) is 25.6 Å². The number of aliphatic hydroxyl groups is 1. The van der Waals surface area contributed by atoms with Crippen LogP contribution in [0.5, 0.6) is 0 Å². The van der Waals surface area contributed by atoms with E-state index in [0.29, 0.717) is 5.82 Å². The van der Waals surface area contributed by atoms with E-state index in [0.717, 1.165) is 10.6 Å². The Balaban J connectivity index is 2.47. The minimum absolute atomic E-state index is 0.228. The first kappa shape index (κ1) is 14.6. The van der Waals surface area contributed by atoms with Crippen LogP contribution in [0.4, 0.5) is 19.0 Å². The molecule has 0 atom stereocenters. The molecule has 2 rings (SSSR count). The molecule has 0 unspecified atom stereocenters. The lowest BCUT2D eigenvalue weighted by Crippen LogP contribution is -2.36. The highest BCUT2D eigenvalue weighted by atomic mass is 19.4. The van der Waals surface area contributed by atoms with E-state index in [-0.39, 0.29) is 12.1 Å². The zero-order valence-electron chi connectivity index (χ0n) is 11.3. The maximum Gasteiger partial charge on any atom is 0.435 e.